The molecule has 2 unspecified atom stereocenters. The first kappa shape index (κ1) is 15.3. The molecule has 2 aliphatic rings. The minimum absolute atomic E-state index is 0.119. The summed E-state index contributed by atoms with van der Waals surface area (Å²) in [5, 5.41) is 9.08. The summed E-state index contributed by atoms with van der Waals surface area (Å²) in [6, 6.07) is -0.164. The highest BCUT2D eigenvalue weighted by Crippen LogP contribution is 2.26. The second-order valence-corrected chi connectivity index (χ2v) is 6.01. The van der Waals surface area contributed by atoms with E-state index in [0.29, 0.717) is 25.3 Å². The molecular formula is C15H25NO4. The lowest BCUT2D eigenvalue weighted by molar-refractivity contribution is -0.143. The van der Waals surface area contributed by atoms with E-state index in [0.717, 1.165) is 38.9 Å². The first-order valence-corrected chi connectivity index (χ1v) is 7.69. The van der Waals surface area contributed by atoms with Crippen LogP contribution in [0.2, 0.25) is 0 Å². The molecule has 2 saturated heterocycles. The number of rotatable bonds is 5. The summed E-state index contributed by atoms with van der Waals surface area (Å²) in [6.45, 7) is 4.14. The van der Waals surface area contributed by atoms with E-state index in [9.17, 15) is 9.59 Å². The molecule has 0 aromatic carbocycles. The number of hydrogen-bond donors (Lipinski definition) is 1. The smallest absolute Gasteiger partial charge is 0.308 e. The fourth-order valence-electron chi connectivity index (χ4n) is 3.34. The predicted molar refractivity (Wildman–Crippen MR) is 74.3 cm³/mol. The van der Waals surface area contributed by atoms with E-state index in [1.807, 2.05) is 6.92 Å². The van der Waals surface area contributed by atoms with Crippen LogP contribution in [0.4, 0.5) is 0 Å². The van der Waals surface area contributed by atoms with Crippen LogP contribution in [0.3, 0.4) is 0 Å². The minimum Gasteiger partial charge on any atom is -0.481 e. The average Bonchev–Trinajstić information content (AvgIpc) is 2.82. The van der Waals surface area contributed by atoms with Crippen LogP contribution in [0.15, 0.2) is 0 Å². The van der Waals surface area contributed by atoms with Crippen LogP contribution in [0.25, 0.3) is 0 Å². The van der Waals surface area contributed by atoms with Crippen molar-refractivity contribution in [2.45, 2.75) is 51.5 Å². The van der Waals surface area contributed by atoms with E-state index in [2.05, 4.69) is 0 Å². The Hall–Kier alpha value is -1.10. The maximum absolute atomic E-state index is 12.2. The van der Waals surface area contributed by atoms with Crippen LogP contribution in [0.1, 0.15) is 45.4 Å². The van der Waals surface area contributed by atoms with Crippen molar-refractivity contribution < 1.29 is 19.4 Å². The van der Waals surface area contributed by atoms with Crippen molar-refractivity contribution in [1.29, 1.82) is 0 Å². The molecule has 20 heavy (non-hydrogen) atoms. The molecule has 0 aromatic heterocycles. The van der Waals surface area contributed by atoms with E-state index < -0.39 is 11.9 Å². The Labute approximate surface area is 120 Å². The lowest BCUT2D eigenvalue weighted by Gasteiger charge is -2.24. The summed E-state index contributed by atoms with van der Waals surface area (Å²) in [5.41, 5.74) is 0. The van der Waals surface area contributed by atoms with Crippen molar-refractivity contribution in [2.75, 3.05) is 19.8 Å². The molecule has 2 heterocycles. The quantitative estimate of drug-likeness (QED) is 0.837. The number of carboxylic acids is 1. The maximum Gasteiger partial charge on any atom is 0.308 e. The molecule has 5 heteroatoms. The van der Waals surface area contributed by atoms with Crippen molar-refractivity contribution in [2.24, 2.45) is 11.8 Å². The predicted octanol–water partition coefficient (Wildman–Crippen LogP) is 1.90. The molecule has 0 radical (unpaired) electrons. The molecule has 0 aromatic rings. The van der Waals surface area contributed by atoms with Crippen LogP contribution in [0.5, 0.6) is 0 Å². The van der Waals surface area contributed by atoms with E-state index in [-0.39, 0.29) is 11.9 Å². The van der Waals surface area contributed by atoms with Crippen LogP contribution >= 0.6 is 0 Å². The van der Waals surface area contributed by atoms with Gasteiger partial charge in [0.15, 0.2) is 0 Å². The number of ether oxygens (including phenoxy) is 1. The first-order chi connectivity index (χ1) is 9.59. The topological polar surface area (TPSA) is 66.8 Å². The van der Waals surface area contributed by atoms with Crippen molar-refractivity contribution in [3.05, 3.63) is 0 Å². The zero-order valence-corrected chi connectivity index (χ0v) is 12.2. The van der Waals surface area contributed by atoms with Gasteiger partial charge < -0.3 is 14.7 Å². The molecule has 5 nitrogen and oxygen atoms in total. The molecule has 0 bridgehead atoms. The Morgan fingerprint density at radius 3 is 2.55 bits per heavy atom. The number of hydrogen-bond acceptors (Lipinski definition) is 3. The number of nitrogens with zero attached hydrogens (tertiary/aromatic N) is 1. The molecule has 114 valence electrons. The number of carboxylic acid groups (broad SMARTS) is 1. The molecule has 0 aliphatic carbocycles. The van der Waals surface area contributed by atoms with Gasteiger partial charge in [-0.3, -0.25) is 9.59 Å². The highest BCUT2D eigenvalue weighted by molar-refractivity contribution is 5.79. The monoisotopic (exact) mass is 283 g/mol. The number of carbonyl (C=O) groups excluding carboxylic acids is 1. The highest BCUT2D eigenvalue weighted by Gasteiger charge is 2.37. The zero-order chi connectivity index (χ0) is 14.5. The van der Waals surface area contributed by atoms with E-state index in [4.69, 9.17) is 9.84 Å². The molecule has 0 spiro atoms. The van der Waals surface area contributed by atoms with Crippen molar-refractivity contribution >= 4 is 11.9 Å². The Bertz CT molecular complexity index is 352. The maximum atomic E-state index is 12.2. The molecule has 1 N–H and O–H groups in total. The Morgan fingerprint density at radius 2 is 1.95 bits per heavy atom. The molecule has 2 atom stereocenters. The Kier molecular flexibility index (Phi) is 5.40. The lowest BCUT2D eigenvalue weighted by Crippen LogP contribution is -2.37. The van der Waals surface area contributed by atoms with Crippen LogP contribution in [0, 0.1) is 11.8 Å². The van der Waals surface area contributed by atoms with Gasteiger partial charge in [-0.05, 0) is 44.9 Å². The standard InChI is InChI=1S/C15H25NO4/c1-11-13(15(18)19)5-8-16(11)14(17)4-2-3-12-6-9-20-10-7-12/h11-13H,2-10H2,1H3,(H,18,19). The second kappa shape index (κ2) is 7.07. The molecule has 2 rings (SSSR count). The van der Waals surface area contributed by atoms with Crippen molar-refractivity contribution in [3.63, 3.8) is 0 Å². The van der Waals surface area contributed by atoms with E-state index >= 15 is 0 Å². The Morgan fingerprint density at radius 1 is 1.25 bits per heavy atom. The van der Waals surface area contributed by atoms with Crippen LogP contribution < -0.4 is 0 Å². The number of aliphatic carboxylic acids is 1. The summed E-state index contributed by atoms with van der Waals surface area (Å²) >= 11 is 0. The van der Waals surface area contributed by atoms with Crippen molar-refractivity contribution in [3.8, 4) is 0 Å². The fourth-order valence-corrected chi connectivity index (χ4v) is 3.34. The third kappa shape index (κ3) is 3.72. The third-order valence-electron chi connectivity index (χ3n) is 4.74. The number of carbonyl (C=O) groups is 2. The summed E-state index contributed by atoms with van der Waals surface area (Å²) in [4.78, 5) is 25.0. The molecular weight excluding hydrogens is 258 g/mol. The second-order valence-electron chi connectivity index (χ2n) is 6.01. The summed E-state index contributed by atoms with van der Waals surface area (Å²) < 4.78 is 5.33. The highest BCUT2D eigenvalue weighted by atomic mass is 16.5. The van der Waals surface area contributed by atoms with Gasteiger partial charge in [-0.15, -0.1) is 0 Å². The van der Waals surface area contributed by atoms with Crippen LogP contribution in [-0.4, -0.2) is 47.7 Å². The van der Waals surface area contributed by atoms with Gasteiger partial charge in [-0.1, -0.05) is 0 Å². The van der Waals surface area contributed by atoms with Gasteiger partial charge in [-0.25, -0.2) is 0 Å². The van der Waals surface area contributed by atoms with Gasteiger partial charge in [0.1, 0.15) is 0 Å². The molecule has 2 aliphatic heterocycles. The van der Waals surface area contributed by atoms with Gasteiger partial charge in [0, 0.05) is 32.2 Å². The summed E-state index contributed by atoms with van der Waals surface area (Å²) in [6.07, 6.45) is 5.34. The molecule has 1 amide bonds. The molecule has 0 saturated carbocycles. The minimum atomic E-state index is -0.782. The fraction of sp³-hybridized carbons (Fsp3) is 0.867. The third-order valence-corrected chi connectivity index (χ3v) is 4.74. The average molecular weight is 283 g/mol. The SMILES string of the molecule is CC1C(C(=O)O)CCN1C(=O)CCCC1CCOCC1. The van der Waals surface area contributed by atoms with E-state index in [1.54, 1.807) is 4.90 Å². The number of amides is 1. The first-order valence-electron chi connectivity index (χ1n) is 7.69. The summed E-state index contributed by atoms with van der Waals surface area (Å²) in [7, 11) is 0. The number of likely N-dealkylation sites (tertiary alicyclic amines) is 1. The van der Waals surface area contributed by atoms with Gasteiger partial charge >= 0.3 is 5.97 Å². The van der Waals surface area contributed by atoms with Gasteiger partial charge in [0.25, 0.3) is 0 Å². The van der Waals surface area contributed by atoms with Crippen molar-refractivity contribution in [1.82, 2.24) is 4.90 Å². The summed E-state index contributed by atoms with van der Waals surface area (Å²) in [5.74, 6) is -0.364. The van der Waals surface area contributed by atoms with Crippen LogP contribution in [-0.2, 0) is 14.3 Å². The van der Waals surface area contributed by atoms with Gasteiger partial charge in [0.05, 0.1) is 5.92 Å². The van der Waals surface area contributed by atoms with Gasteiger partial charge in [0.2, 0.25) is 5.91 Å². The molecule has 2 fully saturated rings. The zero-order valence-electron chi connectivity index (χ0n) is 12.2. The normalized spacial score (nSPS) is 27.8. The largest absolute Gasteiger partial charge is 0.481 e. The van der Waals surface area contributed by atoms with E-state index in [1.165, 1.54) is 0 Å². The Balaban J connectivity index is 1.71. The lowest BCUT2D eigenvalue weighted by atomic mass is 9.94. The van der Waals surface area contributed by atoms with Gasteiger partial charge in [-0.2, -0.15) is 0 Å².